The van der Waals surface area contributed by atoms with Gasteiger partial charge in [0.2, 0.25) is 0 Å². The summed E-state index contributed by atoms with van der Waals surface area (Å²) in [6.45, 7) is 5.98. The number of halogens is 1. The van der Waals surface area contributed by atoms with Gasteiger partial charge in [0.15, 0.2) is 11.3 Å². The summed E-state index contributed by atoms with van der Waals surface area (Å²) in [4.78, 5) is 12.2. The maximum absolute atomic E-state index is 12.2. The lowest BCUT2D eigenvalue weighted by atomic mass is 10.1. The van der Waals surface area contributed by atoms with Crippen LogP contribution < -0.4 is 5.32 Å². The molecule has 0 bridgehead atoms. The summed E-state index contributed by atoms with van der Waals surface area (Å²) in [5.74, 6) is 0.188. The summed E-state index contributed by atoms with van der Waals surface area (Å²) in [6.07, 6.45) is 1.81. The van der Waals surface area contributed by atoms with Gasteiger partial charge in [-0.2, -0.15) is 0 Å². The smallest absolute Gasteiger partial charge is 0.287 e. The predicted octanol–water partition coefficient (Wildman–Crippen LogP) is 4.31. The normalized spacial score (nSPS) is 11.2. The minimum Gasteiger partial charge on any atom is -0.449 e. The van der Waals surface area contributed by atoms with Crippen molar-refractivity contribution in [2.24, 2.45) is 0 Å². The number of furan rings is 1. The molecule has 0 saturated carbocycles. The lowest BCUT2D eigenvalue weighted by Crippen LogP contribution is -2.33. The van der Waals surface area contributed by atoms with E-state index in [9.17, 15) is 4.79 Å². The predicted molar refractivity (Wildman–Crippen MR) is 77.8 cm³/mol. The lowest BCUT2D eigenvalue weighted by molar-refractivity contribution is 0.0908. The first-order chi connectivity index (χ1) is 9.08. The number of carbonyl (C=O) groups is 1. The highest BCUT2D eigenvalue weighted by atomic mass is 35.5. The van der Waals surface area contributed by atoms with Crippen molar-refractivity contribution in [3.63, 3.8) is 0 Å². The number of fused-ring (bicyclic) bond motifs is 1. The molecule has 0 atom stereocenters. The first kappa shape index (κ1) is 13.9. The Labute approximate surface area is 117 Å². The molecular formula is C15H18ClNO2. The SMILES string of the molecule is CCC(CC)NC(=O)c1oc2c(Cl)cccc2c1C. The number of hydrogen-bond acceptors (Lipinski definition) is 2. The zero-order valence-electron chi connectivity index (χ0n) is 11.4. The van der Waals surface area contributed by atoms with Crippen LogP contribution in [0.3, 0.4) is 0 Å². The second-order valence-electron chi connectivity index (χ2n) is 4.66. The number of amides is 1. The fraction of sp³-hybridized carbons (Fsp3) is 0.400. The van der Waals surface area contributed by atoms with E-state index in [1.54, 1.807) is 6.07 Å². The van der Waals surface area contributed by atoms with Gasteiger partial charge in [0.05, 0.1) is 5.02 Å². The molecule has 4 heteroatoms. The summed E-state index contributed by atoms with van der Waals surface area (Å²) in [5, 5.41) is 4.40. The number of aryl methyl sites for hydroxylation is 1. The van der Waals surface area contributed by atoms with Gasteiger partial charge in [-0.15, -0.1) is 0 Å². The van der Waals surface area contributed by atoms with Crippen LogP contribution in [0, 0.1) is 6.92 Å². The van der Waals surface area contributed by atoms with Crippen molar-refractivity contribution >= 4 is 28.5 Å². The van der Waals surface area contributed by atoms with Crippen molar-refractivity contribution in [2.45, 2.75) is 39.7 Å². The van der Waals surface area contributed by atoms with E-state index >= 15 is 0 Å². The van der Waals surface area contributed by atoms with E-state index in [0.717, 1.165) is 23.8 Å². The molecule has 0 saturated heterocycles. The van der Waals surface area contributed by atoms with Crippen LogP contribution in [0.5, 0.6) is 0 Å². The minimum atomic E-state index is -0.168. The molecule has 1 amide bonds. The number of para-hydroxylation sites is 1. The Morgan fingerprint density at radius 3 is 2.63 bits per heavy atom. The first-order valence-electron chi connectivity index (χ1n) is 6.56. The monoisotopic (exact) mass is 279 g/mol. The molecule has 0 unspecified atom stereocenters. The molecule has 0 fully saturated rings. The second-order valence-corrected chi connectivity index (χ2v) is 5.07. The molecule has 19 heavy (non-hydrogen) atoms. The standard InChI is InChI=1S/C15H18ClNO2/c1-4-10(5-2)17-15(18)13-9(3)11-7-6-8-12(16)14(11)19-13/h6-8,10H,4-5H2,1-3H3,(H,17,18). The Morgan fingerprint density at radius 1 is 1.37 bits per heavy atom. The largest absolute Gasteiger partial charge is 0.449 e. The van der Waals surface area contributed by atoms with E-state index < -0.39 is 0 Å². The van der Waals surface area contributed by atoms with Gasteiger partial charge in [0, 0.05) is 17.0 Å². The van der Waals surface area contributed by atoms with E-state index in [-0.39, 0.29) is 11.9 Å². The van der Waals surface area contributed by atoms with Gasteiger partial charge < -0.3 is 9.73 Å². The van der Waals surface area contributed by atoms with Gasteiger partial charge in [-0.3, -0.25) is 4.79 Å². The van der Waals surface area contributed by atoms with Crippen molar-refractivity contribution < 1.29 is 9.21 Å². The van der Waals surface area contributed by atoms with Gasteiger partial charge in [-0.1, -0.05) is 37.6 Å². The van der Waals surface area contributed by atoms with Crippen LogP contribution in [0.2, 0.25) is 5.02 Å². The van der Waals surface area contributed by atoms with Crippen molar-refractivity contribution in [3.05, 3.63) is 34.5 Å². The van der Waals surface area contributed by atoms with E-state index in [0.29, 0.717) is 16.4 Å². The zero-order chi connectivity index (χ0) is 14.0. The van der Waals surface area contributed by atoms with Crippen molar-refractivity contribution in [3.8, 4) is 0 Å². The van der Waals surface area contributed by atoms with E-state index in [1.165, 1.54) is 0 Å². The highest BCUT2D eigenvalue weighted by Crippen LogP contribution is 2.30. The zero-order valence-corrected chi connectivity index (χ0v) is 12.2. The molecule has 0 aliphatic rings. The molecule has 2 rings (SSSR count). The van der Waals surface area contributed by atoms with E-state index in [1.807, 2.05) is 19.1 Å². The van der Waals surface area contributed by atoms with Crippen LogP contribution in [0.25, 0.3) is 11.0 Å². The molecule has 102 valence electrons. The Kier molecular flexibility index (Phi) is 4.15. The average Bonchev–Trinajstić information content (AvgIpc) is 2.75. The van der Waals surface area contributed by atoms with E-state index in [4.69, 9.17) is 16.0 Å². The van der Waals surface area contributed by atoms with Gasteiger partial charge >= 0.3 is 0 Å². The Hall–Kier alpha value is -1.48. The molecule has 1 heterocycles. The summed E-state index contributed by atoms with van der Waals surface area (Å²) < 4.78 is 5.64. The summed E-state index contributed by atoms with van der Waals surface area (Å²) in [6, 6.07) is 5.70. The van der Waals surface area contributed by atoms with Gasteiger partial charge in [-0.25, -0.2) is 0 Å². The summed E-state index contributed by atoms with van der Waals surface area (Å²) >= 11 is 6.08. The highest BCUT2D eigenvalue weighted by molar-refractivity contribution is 6.35. The van der Waals surface area contributed by atoms with Crippen LogP contribution in [-0.2, 0) is 0 Å². The molecular weight excluding hydrogens is 262 g/mol. The number of nitrogens with one attached hydrogen (secondary N) is 1. The fourth-order valence-electron chi connectivity index (χ4n) is 2.17. The Balaban J connectivity index is 2.38. The highest BCUT2D eigenvalue weighted by Gasteiger charge is 2.20. The second kappa shape index (κ2) is 5.66. The molecule has 0 aliphatic heterocycles. The van der Waals surface area contributed by atoms with Gasteiger partial charge in [-0.05, 0) is 25.8 Å². The van der Waals surface area contributed by atoms with Crippen LogP contribution in [0.1, 0.15) is 42.8 Å². The third-order valence-electron chi connectivity index (χ3n) is 3.44. The fourth-order valence-corrected chi connectivity index (χ4v) is 2.38. The topological polar surface area (TPSA) is 42.2 Å². The molecule has 1 aromatic carbocycles. The molecule has 3 nitrogen and oxygen atoms in total. The number of carbonyl (C=O) groups excluding carboxylic acids is 1. The Morgan fingerprint density at radius 2 is 2.05 bits per heavy atom. The number of rotatable bonds is 4. The molecule has 1 N–H and O–H groups in total. The lowest BCUT2D eigenvalue weighted by Gasteiger charge is -2.13. The van der Waals surface area contributed by atoms with Crippen LogP contribution in [0.4, 0.5) is 0 Å². The molecule has 0 radical (unpaired) electrons. The van der Waals surface area contributed by atoms with Gasteiger partial charge in [0.25, 0.3) is 5.91 Å². The van der Waals surface area contributed by atoms with Crippen LogP contribution in [-0.4, -0.2) is 11.9 Å². The maximum Gasteiger partial charge on any atom is 0.287 e. The summed E-state index contributed by atoms with van der Waals surface area (Å²) in [5.41, 5.74) is 1.41. The van der Waals surface area contributed by atoms with Crippen molar-refractivity contribution in [1.82, 2.24) is 5.32 Å². The average molecular weight is 280 g/mol. The molecule has 0 aliphatic carbocycles. The van der Waals surface area contributed by atoms with Crippen molar-refractivity contribution in [2.75, 3.05) is 0 Å². The minimum absolute atomic E-state index is 0.168. The van der Waals surface area contributed by atoms with Crippen LogP contribution in [0.15, 0.2) is 22.6 Å². The van der Waals surface area contributed by atoms with Gasteiger partial charge in [0.1, 0.15) is 0 Å². The maximum atomic E-state index is 12.2. The molecule has 2 aromatic rings. The number of benzene rings is 1. The quantitative estimate of drug-likeness (QED) is 0.906. The first-order valence-corrected chi connectivity index (χ1v) is 6.94. The molecule has 1 aromatic heterocycles. The van der Waals surface area contributed by atoms with Crippen molar-refractivity contribution in [1.29, 1.82) is 0 Å². The Bertz CT molecular complexity index is 599. The third kappa shape index (κ3) is 2.61. The third-order valence-corrected chi connectivity index (χ3v) is 3.74. The van der Waals surface area contributed by atoms with E-state index in [2.05, 4.69) is 19.2 Å². The molecule has 0 spiro atoms. The summed E-state index contributed by atoms with van der Waals surface area (Å²) in [7, 11) is 0. The van der Waals surface area contributed by atoms with Crippen LogP contribution >= 0.6 is 11.6 Å². The number of hydrogen-bond donors (Lipinski definition) is 1.